The van der Waals surface area contributed by atoms with Crippen molar-refractivity contribution in [2.75, 3.05) is 0 Å². The van der Waals surface area contributed by atoms with Crippen molar-refractivity contribution < 1.29 is 4.79 Å². The lowest BCUT2D eigenvalue weighted by Crippen LogP contribution is -2.18. The zero-order valence-electron chi connectivity index (χ0n) is 16.6. The third kappa shape index (κ3) is 6.26. The third-order valence-electron chi connectivity index (χ3n) is 5.60. The average Bonchev–Trinajstić information content (AvgIpc) is 2.71. The lowest BCUT2D eigenvalue weighted by Gasteiger charge is -2.20. The molecule has 0 saturated carbocycles. The van der Waals surface area contributed by atoms with Crippen LogP contribution in [0.15, 0.2) is 59.6 Å². The van der Waals surface area contributed by atoms with Crippen LogP contribution in [0.5, 0.6) is 0 Å². The van der Waals surface area contributed by atoms with Crippen LogP contribution in [-0.2, 0) is 24.1 Å². The molecule has 1 aliphatic rings. The molecular weight excluding hydrogens is 344 g/mol. The molecule has 3 heteroatoms. The summed E-state index contributed by atoms with van der Waals surface area (Å²) in [6, 6.07) is 19.0. The van der Waals surface area contributed by atoms with Crippen molar-refractivity contribution >= 4 is 17.8 Å². The number of aliphatic imine (C=N–C) groups is 1. The summed E-state index contributed by atoms with van der Waals surface area (Å²) in [5, 5.41) is 7.98. The predicted octanol–water partition coefficient (Wildman–Crippen LogP) is 5.60. The first-order chi connectivity index (χ1) is 13.7. The summed E-state index contributed by atoms with van der Waals surface area (Å²) < 4.78 is 0. The Labute approximate surface area is 168 Å². The number of fused-ring (bicyclic) bond motifs is 1. The highest BCUT2D eigenvalue weighted by Gasteiger charge is 2.19. The van der Waals surface area contributed by atoms with Gasteiger partial charge in [-0.05, 0) is 74.0 Å². The van der Waals surface area contributed by atoms with Gasteiger partial charge in [-0.3, -0.25) is 10.2 Å². The average molecular weight is 375 g/mol. The summed E-state index contributed by atoms with van der Waals surface area (Å²) in [4.78, 5) is 16.5. The molecule has 0 heterocycles. The number of carbonyl (C=O) groups is 1. The van der Waals surface area contributed by atoms with E-state index in [0.717, 1.165) is 51.4 Å². The molecule has 1 aliphatic carbocycles. The molecule has 2 aromatic rings. The van der Waals surface area contributed by atoms with Crippen molar-refractivity contribution in [3.8, 4) is 0 Å². The highest BCUT2D eigenvalue weighted by molar-refractivity contribution is 6.38. The number of hydrogen-bond acceptors (Lipinski definition) is 2. The van der Waals surface area contributed by atoms with Crippen LogP contribution >= 0.6 is 0 Å². The van der Waals surface area contributed by atoms with Crippen molar-refractivity contribution in [1.82, 2.24) is 0 Å². The summed E-state index contributed by atoms with van der Waals surface area (Å²) >= 11 is 0. The zero-order valence-corrected chi connectivity index (χ0v) is 16.6. The molecule has 0 spiro atoms. The molecule has 28 heavy (non-hydrogen) atoms. The van der Waals surface area contributed by atoms with Crippen molar-refractivity contribution in [2.45, 2.75) is 57.8 Å². The number of amidine groups is 1. The van der Waals surface area contributed by atoms with Gasteiger partial charge in [0.2, 0.25) is 0 Å². The lowest BCUT2D eigenvalue weighted by atomic mass is 9.85. The van der Waals surface area contributed by atoms with E-state index in [0.29, 0.717) is 12.3 Å². The van der Waals surface area contributed by atoms with E-state index in [1.807, 2.05) is 18.2 Å². The molecule has 3 rings (SSSR count). The van der Waals surface area contributed by atoms with E-state index in [-0.39, 0.29) is 11.6 Å². The largest absolute Gasteiger partial charge is 0.291 e. The first kappa shape index (κ1) is 20.2. The Morgan fingerprint density at radius 3 is 2.50 bits per heavy atom. The molecule has 2 aromatic carbocycles. The van der Waals surface area contributed by atoms with Crippen LogP contribution in [0.2, 0.25) is 0 Å². The molecule has 0 aromatic heterocycles. The Hall–Kier alpha value is -2.55. The Morgan fingerprint density at radius 1 is 1.00 bits per heavy atom. The van der Waals surface area contributed by atoms with Gasteiger partial charge in [-0.25, -0.2) is 4.99 Å². The number of Topliss-reactive ketones (excluding diaryl/α,β-unsaturated/α-hetero) is 1. The van der Waals surface area contributed by atoms with E-state index >= 15 is 0 Å². The predicted molar refractivity (Wildman–Crippen MR) is 116 cm³/mol. The zero-order chi connectivity index (χ0) is 19.6. The normalized spacial score (nSPS) is 16.9. The Morgan fingerprint density at radius 2 is 1.71 bits per heavy atom. The summed E-state index contributed by atoms with van der Waals surface area (Å²) in [7, 11) is 0. The van der Waals surface area contributed by atoms with Crippen LogP contribution in [-0.4, -0.2) is 17.8 Å². The van der Waals surface area contributed by atoms with Gasteiger partial charge < -0.3 is 0 Å². The van der Waals surface area contributed by atoms with Gasteiger partial charge in [0.1, 0.15) is 0 Å². The Kier molecular flexibility index (Phi) is 7.71. The van der Waals surface area contributed by atoms with Gasteiger partial charge in [-0.2, -0.15) is 0 Å². The van der Waals surface area contributed by atoms with Crippen molar-refractivity contribution in [3.05, 3.63) is 71.3 Å². The summed E-state index contributed by atoms with van der Waals surface area (Å²) in [5.41, 5.74) is 4.19. The van der Waals surface area contributed by atoms with Gasteiger partial charge in [0, 0.05) is 12.6 Å². The van der Waals surface area contributed by atoms with Crippen LogP contribution in [0.1, 0.15) is 55.2 Å². The smallest absolute Gasteiger partial charge is 0.199 e. The van der Waals surface area contributed by atoms with E-state index in [1.54, 1.807) is 6.21 Å². The highest BCUT2D eigenvalue weighted by Crippen LogP contribution is 2.26. The number of nitrogens with one attached hydrogen (secondary N) is 1. The molecule has 1 N–H and O–H groups in total. The molecule has 0 aliphatic heterocycles. The molecule has 1 atom stereocenters. The van der Waals surface area contributed by atoms with Gasteiger partial charge >= 0.3 is 0 Å². The van der Waals surface area contributed by atoms with Gasteiger partial charge in [0.25, 0.3) is 0 Å². The van der Waals surface area contributed by atoms with Crippen LogP contribution < -0.4 is 0 Å². The summed E-state index contributed by atoms with van der Waals surface area (Å²) in [6.45, 7) is 0. The fourth-order valence-electron chi connectivity index (χ4n) is 3.96. The first-order valence-electron chi connectivity index (χ1n) is 10.5. The molecule has 0 bridgehead atoms. The number of rotatable bonds is 7. The number of ketones is 1. The van der Waals surface area contributed by atoms with E-state index in [1.165, 1.54) is 16.7 Å². The standard InChI is InChI=1S/C25H30N2O/c26-25(27-18-7-6-11-20-9-2-1-3-10-20)24(28)19-21-12-8-15-22-13-4-5-14-23(22)17-16-21/h1-5,9-10,13-14,18,21,26H,6-8,11-12,15-17,19H2/b26-25?,27-18+. The van der Waals surface area contributed by atoms with E-state index in [4.69, 9.17) is 5.41 Å². The topological polar surface area (TPSA) is 53.3 Å². The number of nitrogens with zero attached hydrogens (tertiary/aromatic N) is 1. The quantitative estimate of drug-likeness (QED) is 0.383. The van der Waals surface area contributed by atoms with Gasteiger partial charge in [0.15, 0.2) is 11.6 Å². The van der Waals surface area contributed by atoms with Crippen LogP contribution in [0.3, 0.4) is 0 Å². The van der Waals surface area contributed by atoms with E-state index in [9.17, 15) is 4.79 Å². The monoisotopic (exact) mass is 374 g/mol. The maximum Gasteiger partial charge on any atom is 0.199 e. The number of carbonyl (C=O) groups excluding carboxylic acids is 1. The van der Waals surface area contributed by atoms with Crippen molar-refractivity contribution in [3.63, 3.8) is 0 Å². The minimum atomic E-state index is -0.113. The van der Waals surface area contributed by atoms with Crippen LogP contribution in [0, 0.1) is 11.3 Å². The minimum absolute atomic E-state index is 0.0813. The van der Waals surface area contributed by atoms with Crippen LogP contribution in [0.25, 0.3) is 0 Å². The fourth-order valence-corrected chi connectivity index (χ4v) is 3.96. The molecule has 0 amide bonds. The SMILES string of the molecule is N=C(/N=C/CCCc1ccccc1)C(=O)CC1CCCc2ccccc2CC1. The second-order valence-corrected chi connectivity index (χ2v) is 7.73. The van der Waals surface area contributed by atoms with Gasteiger partial charge in [-0.1, -0.05) is 54.6 Å². The number of benzene rings is 2. The van der Waals surface area contributed by atoms with Crippen molar-refractivity contribution in [2.24, 2.45) is 10.9 Å². The lowest BCUT2D eigenvalue weighted by molar-refractivity contribution is -0.114. The molecular formula is C25H30N2O. The van der Waals surface area contributed by atoms with Gasteiger partial charge in [0.05, 0.1) is 0 Å². The molecule has 3 nitrogen and oxygen atoms in total. The third-order valence-corrected chi connectivity index (χ3v) is 5.60. The number of hydrogen-bond donors (Lipinski definition) is 1. The second-order valence-electron chi connectivity index (χ2n) is 7.73. The minimum Gasteiger partial charge on any atom is -0.291 e. The maximum atomic E-state index is 12.4. The first-order valence-corrected chi connectivity index (χ1v) is 10.5. The van der Waals surface area contributed by atoms with Crippen LogP contribution in [0.4, 0.5) is 0 Å². The number of aryl methyl sites for hydroxylation is 3. The molecule has 1 unspecified atom stereocenters. The molecule has 146 valence electrons. The van der Waals surface area contributed by atoms with Crippen molar-refractivity contribution in [1.29, 1.82) is 5.41 Å². The highest BCUT2D eigenvalue weighted by atomic mass is 16.1. The van der Waals surface area contributed by atoms with Gasteiger partial charge in [-0.15, -0.1) is 0 Å². The summed E-state index contributed by atoms with van der Waals surface area (Å²) in [6.07, 6.45) is 10.3. The molecule has 0 saturated heterocycles. The summed E-state index contributed by atoms with van der Waals surface area (Å²) in [5.74, 6) is 0.176. The maximum absolute atomic E-state index is 12.4. The van der Waals surface area contributed by atoms with E-state index < -0.39 is 0 Å². The second kappa shape index (κ2) is 10.7. The molecule has 0 radical (unpaired) electrons. The molecule has 0 fully saturated rings. The Bertz CT molecular complexity index is 810. The fraction of sp³-hybridized carbons (Fsp3) is 0.400. The Balaban J connectivity index is 1.40. The number of unbranched alkanes of at least 4 members (excludes halogenated alkanes) is 1. The van der Waals surface area contributed by atoms with E-state index in [2.05, 4.69) is 41.4 Å².